The van der Waals surface area contributed by atoms with Gasteiger partial charge >= 0.3 is 0 Å². The van der Waals surface area contributed by atoms with E-state index in [9.17, 15) is 4.79 Å². The number of nitrogens with one attached hydrogen (secondary N) is 1. The maximum Gasteiger partial charge on any atom is 0.248 e. The first-order valence-corrected chi connectivity index (χ1v) is 6.90. The quantitative estimate of drug-likeness (QED) is 0.801. The van der Waals surface area contributed by atoms with E-state index in [1.165, 1.54) is 10.4 Å². The van der Waals surface area contributed by atoms with E-state index in [1.54, 1.807) is 0 Å². The molecule has 0 unspecified atom stereocenters. The lowest BCUT2D eigenvalue weighted by Crippen LogP contribution is -2.20. The zero-order valence-electron chi connectivity index (χ0n) is 12.1. The van der Waals surface area contributed by atoms with Crippen LogP contribution in [-0.4, -0.2) is 26.1 Å². The summed E-state index contributed by atoms with van der Waals surface area (Å²) >= 11 is 0. The molecule has 1 aromatic heterocycles. The smallest absolute Gasteiger partial charge is 0.248 e. The molecule has 0 aliphatic carbocycles. The summed E-state index contributed by atoms with van der Waals surface area (Å²) in [5.74, 6) is 0.312. The minimum atomic E-state index is -0.195. The molecule has 6 nitrogen and oxygen atoms in total. The number of tetrazole rings is 1. The van der Waals surface area contributed by atoms with Gasteiger partial charge in [0.1, 0.15) is 6.54 Å². The predicted molar refractivity (Wildman–Crippen MR) is 83.1 cm³/mol. The van der Waals surface area contributed by atoms with Crippen molar-refractivity contribution in [2.75, 3.05) is 5.32 Å². The average Bonchev–Trinajstić information content (AvgIpc) is 2.97. The van der Waals surface area contributed by atoms with E-state index < -0.39 is 0 Å². The summed E-state index contributed by atoms with van der Waals surface area (Å²) in [5, 5.41) is 14.9. The molecule has 1 heterocycles. The first kappa shape index (κ1) is 13.9. The number of nitrogens with zero attached hydrogens (tertiary/aromatic N) is 4. The Hall–Kier alpha value is -3.02. The van der Waals surface area contributed by atoms with Gasteiger partial charge in [-0.05, 0) is 24.3 Å². The van der Waals surface area contributed by atoms with Gasteiger partial charge in [0, 0.05) is 11.3 Å². The standard InChI is InChI=1S/C16H15N5O/c1-12-7-9-13(10-8-12)16-18-20-21(19-16)11-15(22)17-14-5-3-2-4-6-14/h2-10H,11H2,1H3,(H,17,22). The van der Waals surface area contributed by atoms with Gasteiger partial charge in [-0.15, -0.1) is 10.2 Å². The molecular weight excluding hydrogens is 278 g/mol. The van der Waals surface area contributed by atoms with Crippen LogP contribution in [0.5, 0.6) is 0 Å². The molecule has 1 amide bonds. The number of rotatable bonds is 4. The van der Waals surface area contributed by atoms with E-state index in [1.807, 2.05) is 61.5 Å². The molecule has 0 fully saturated rings. The Balaban J connectivity index is 1.66. The highest BCUT2D eigenvalue weighted by atomic mass is 16.2. The molecule has 0 aliphatic heterocycles. The number of hydrogen-bond acceptors (Lipinski definition) is 4. The fraction of sp³-hybridized carbons (Fsp3) is 0.125. The molecule has 0 radical (unpaired) electrons. The lowest BCUT2D eigenvalue weighted by molar-refractivity contribution is -0.117. The predicted octanol–water partition coefficient (Wildman–Crippen LogP) is 2.29. The van der Waals surface area contributed by atoms with Crippen molar-refractivity contribution in [1.29, 1.82) is 0 Å². The number of aromatic nitrogens is 4. The summed E-state index contributed by atoms with van der Waals surface area (Å²) in [4.78, 5) is 13.2. The molecule has 3 aromatic rings. The second kappa shape index (κ2) is 6.17. The van der Waals surface area contributed by atoms with Crippen molar-refractivity contribution in [3.63, 3.8) is 0 Å². The molecule has 1 N–H and O–H groups in total. The van der Waals surface area contributed by atoms with Gasteiger partial charge < -0.3 is 5.32 Å². The van der Waals surface area contributed by atoms with Gasteiger partial charge in [0.15, 0.2) is 0 Å². The van der Waals surface area contributed by atoms with Crippen molar-refractivity contribution in [1.82, 2.24) is 20.2 Å². The summed E-state index contributed by atoms with van der Waals surface area (Å²) in [5.41, 5.74) is 2.78. The van der Waals surface area contributed by atoms with Crippen LogP contribution < -0.4 is 5.32 Å². The molecule has 6 heteroatoms. The van der Waals surface area contributed by atoms with Gasteiger partial charge in [-0.2, -0.15) is 4.80 Å². The number of anilines is 1. The normalized spacial score (nSPS) is 10.4. The van der Waals surface area contributed by atoms with Crippen molar-refractivity contribution in [2.24, 2.45) is 0 Å². The molecule has 0 saturated heterocycles. The fourth-order valence-electron chi connectivity index (χ4n) is 1.98. The van der Waals surface area contributed by atoms with E-state index in [2.05, 4.69) is 20.7 Å². The molecule has 110 valence electrons. The van der Waals surface area contributed by atoms with Crippen LogP contribution in [0.15, 0.2) is 54.6 Å². The molecule has 0 spiro atoms. The lowest BCUT2D eigenvalue weighted by atomic mass is 10.1. The van der Waals surface area contributed by atoms with Crippen molar-refractivity contribution in [2.45, 2.75) is 13.5 Å². The van der Waals surface area contributed by atoms with Crippen LogP contribution >= 0.6 is 0 Å². The Morgan fingerprint density at radius 3 is 2.55 bits per heavy atom. The van der Waals surface area contributed by atoms with E-state index in [4.69, 9.17) is 0 Å². The Morgan fingerprint density at radius 1 is 1.09 bits per heavy atom. The molecule has 3 rings (SSSR count). The van der Waals surface area contributed by atoms with E-state index in [-0.39, 0.29) is 12.5 Å². The van der Waals surface area contributed by atoms with Gasteiger partial charge in [0.05, 0.1) is 0 Å². The van der Waals surface area contributed by atoms with Gasteiger partial charge in [-0.3, -0.25) is 4.79 Å². The number of carbonyl (C=O) groups excluding carboxylic acids is 1. The summed E-state index contributed by atoms with van der Waals surface area (Å²) < 4.78 is 0. The molecule has 2 aromatic carbocycles. The summed E-state index contributed by atoms with van der Waals surface area (Å²) in [7, 11) is 0. The lowest BCUT2D eigenvalue weighted by Gasteiger charge is -2.03. The second-order valence-electron chi connectivity index (χ2n) is 4.92. The Bertz CT molecular complexity index is 765. The zero-order valence-corrected chi connectivity index (χ0v) is 12.1. The third-order valence-electron chi connectivity index (χ3n) is 3.11. The second-order valence-corrected chi connectivity index (χ2v) is 4.92. The van der Waals surface area contributed by atoms with Crippen LogP contribution in [0.3, 0.4) is 0 Å². The minimum Gasteiger partial charge on any atom is -0.324 e. The van der Waals surface area contributed by atoms with Crippen molar-refractivity contribution in [3.05, 3.63) is 60.2 Å². The molecule has 22 heavy (non-hydrogen) atoms. The monoisotopic (exact) mass is 293 g/mol. The maximum absolute atomic E-state index is 11.9. The zero-order chi connectivity index (χ0) is 15.4. The highest BCUT2D eigenvalue weighted by Crippen LogP contribution is 2.13. The Labute approximate surface area is 127 Å². The van der Waals surface area contributed by atoms with Crippen molar-refractivity contribution >= 4 is 11.6 Å². The highest BCUT2D eigenvalue weighted by Gasteiger charge is 2.09. The van der Waals surface area contributed by atoms with Gasteiger partial charge in [-0.1, -0.05) is 48.0 Å². The van der Waals surface area contributed by atoms with Gasteiger partial charge in [-0.25, -0.2) is 0 Å². The Kier molecular flexibility index (Phi) is 3.91. The largest absolute Gasteiger partial charge is 0.324 e. The molecule has 0 bridgehead atoms. The van der Waals surface area contributed by atoms with Crippen LogP contribution in [0.4, 0.5) is 5.69 Å². The topological polar surface area (TPSA) is 72.7 Å². The number of amides is 1. The number of benzene rings is 2. The van der Waals surface area contributed by atoms with E-state index in [0.29, 0.717) is 5.82 Å². The van der Waals surface area contributed by atoms with Crippen molar-refractivity contribution < 1.29 is 4.79 Å². The van der Waals surface area contributed by atoms with Gasteiger partial charge in [0.2, 0.25) is 11.7 Å². The molecule has 0 saturated carbocycles. The maximum atomic E-state index is 11.9. The van der Waals surface area contributed by atoms with Crippen LogP contribution in [0.1, 0.15) is 5.56 Å². The summed E-state index contributed by atoms with van der Waals surface area (Å²) in [6, 6.07) is 17.1. The number of aryl methyl sites for hydroxylation is 1. The van der Waals surface area contributed by atoms with E-state index >= 15 is 0 Å². The molecule has 0 aliphatic rings. The summed E-state index contributed by atoms with van der Waals surface area (Å²) in [6.07, 6.45) is 0. The van der Waals surface area contributed by atoms with E-state index in [0.717, 1.165) is 11.3 Å². The van der Waals surface area contributed by atoms with Crippen LogP contribution in [0.2, 0.25) is 0 Å². The average molecular weight is 293 g/mol. The number of para-hydroxylation sites is 1. The minimum absolute atomic E-state index is 0.0216. The third-order valence-corrected chi connectivity index (χ3v) is 3.11. The third kappa shape index (κ3) is 3.35. The van der Waals surface area contributed by atoms with Gasteiger partial charge in [0.25, 0.3) is 0 Å². The molecular formula is C16H15N5O. The summed E-state index contributed by atoms with van der Waals surface area (Å²) in [6.45, 7) is 2.04. The van der Waals surface area contributed by atoms with Crippen LogP contribution in [0, 0.1) is 6.92 Å². The first-order valence-electron chi connectivity index (χ1n) is 6.90. The number of hydrogen-bond donors (Lipinski definition) is 1. The van der Waals surface area contributed by atoms with Crippen LogP contribution in [0.25, 0.3) is 11.4 Å². The van der Waals surface area contributed by atoms with Crippen LogP contribution in [-0.2, 0) is 11.3 Å². The molecule has 0 atom stereocenters. The fourth-order valence-corrected chi connectivity index (χ4v) is 1.98. The first-order chi connectivity index (χ1) is 10.7. The SMILES string of the molecule is Cc1ccc(-c2nnn(CC(=O)Nc3ccccc3)n2)cc1. The van der Waals surface area contributed by atoms with Crippen molar-refractivity contribution in [3.8, 4) is 11.4 Å². The Morgan fingerprint density at radius 2 is 1.82 bits per heavy atom. The highest BCUT2D eigenvalue weighted by molar-refractivity contribution is 5.90. The number of carbonyl (C=O) groups is 1.